The molecule has 0 aliphatic carbocycles. The van der Waals surface area contributed by atoms with E-state index in [0.29, 0.717) is 11.5 Å². The van der Waals surface area contributed by atoms with Crippen LogP contribution in [0.15, 0.2) is 42.5 Å². The molecule has 9 heteroatoms. The van der Waals surface area contributed by atoms with Crippen LogP contribution in [0.2, 0.25) is 0 Å². The third-order valence-electron chi connectivity index (χ3n) is 5.46. The Morgan fingerprint density at radius 1 is 0.939 bits per heavy atom. The van der Waals surface area contributed by atoms with Gasteiger partial charge in [0, 0.05) is 43.5 Å². The van der Waals surface area contributed by atoms with Gasteiger partial charge in [0.2, 0.25) is 5.91 Å². The standard InChI is InChI=1S/C24H30N4O4S/c1-16(2)23(30)28-14-12-27(13-15-28)18-10-8-17(9-11-18)25-24(33)26-22(29)21-19(31-3)6-5-7-20(21)32-4/h5-11,16H,12-15H2,1-4H3,(H2,25,26,29,33). The van der Waals surface area contributed by atoms with Crippen LogP contribution in [0.1, 0.15) is 24.2 Å². The van der Waals surface area contributed by atoms with Gasteiger partial charge < -0.3 is 24.6 Å². The molecule has 176 valence electrons. The van der Waals surface area contributed by atoms with Crippen LogP contribution < -0.4 is 25.0 Å². The normalized spacial score (nSPS) is 13.5. The van der Waals surface area contributed by atoms with E-state index < -0.39 is 5.91 Å². The lowest BCUT2D eigenvalue weighted by Crippen LogP contribution is -2.49. The molecule has 0 aromatic heterocycles. The fourth-order valence-corrected chi connectivity index (χ4v) is 3.92. The minimum atomic E-state index is -0.424. The zero-order chi connectivity index (χ0) is 24.0. The number of anilines is 2. The molecule has 2 aromatic carbocycles. The molecule has 2 N–H and O–H groups in total. The van der Waals surface area contributed by atoms with Gasteiger partial charge in [-0.15, -0.1) is 0 Å². The number of nitrogens with zero attached hydrogens (tertiary/aromatic N) is 2. The number of hydrogen-bond donors (Lipinski definition) is 2. The molecular weight excluding hydrogens is 440 g/mol. The fourth-order valence-electron chi connectivity index (χ4n) is 3.71. The number of thiocarbonyl (C=S) groups is 1. The van der Waals surface area contributed by atoms with Gasteiger partial charge in [-0.25, -0.2) is 0 Å². The van der Waals surface area contributed by atoms with E-state index in [2.05, 4.69) is 15.5 Å². The number of carbonyl (C=O) groups excluding carboxylic acids is 2. The average molecular weight is 471 g/mol. The molecular formula is C24H30N4O4S. The summed E-state index contributed by atoms with van der Waals surface area (Å²) in [5, 5.41) is 5.87. The molecule has 0 radical (unpaired) electrons. The Morgan fingerprint density at radius 3 is 2.03 bits per heavy atom. The quantitative estimate of drug-likeness (QED) is 0.628. The van der Waals surface area contributed by atoms with Crippen molar-refractivity contribution in [3.05, 3.63) is 48.0 Å². The van der Waals surface area contributed by atoms with Gasteiger partial charge in [-0.3, -0.25) is 14.9 Å². The summed E-state index contributed by atoms with van der Waals surface area (Å²) in [6, 6.07) is 12.9. The highest BCUT2D eigenvalue weighted by molar-refractivity contribution is 7.80. The second kappa shape index (κ2) is 11.0. The second-order valence-electron chi connectivity index (χ2n) is 7.96. The first-order chi connectivity index (χ1) is 15.8. The van der Waals surface area contributed by atoms with Gasteiger partial charge in [0.15, 0.2) is 5.11 Å². The highest BCUT2D eigenvalue weighted by atomic mass is 32.1. The molecule has 0 atom stereocenters. The average Bonchev–Trinajstić information content (AvgIpc) is 2.83. The molecule has 3 rings (SSSR count). The first kappa shape index (κ1) is 24.3. The van der Waals surface area contributed by atoms with Crippen molar-refractivity contribution in [1.29, 1.82) is 0 Å². The first-order valence-electron chi connectivity index (χ1n) is 10.8. The zero-order valence-corrected chi connectivity index (χ0v) is 20.2. The third kappa shape index (κ3) is 5.92. The number of carbonyl (C=O) groups is 2. The summed E-state index contributed by atoms with van der Waals surface area (Å²) in [7, 11) is 2.98. The first-order valence-corrected chi connectivity index (χ1v) is 11.2. The molecule has 33 heavy (non-hydrogen) atoms. The van der Waals surface area contributed by atoms with E-state index >= 15 is 0 Å². The lowest BCUT2D eigenvalue weighted by Gasteiger charge is -2.37. The van der Waals surface area contributed by atoms with E-state index in [9.17, 15) is 9.59 Å². The molecule has 1 aliphatic heterocycles. The van der Waals surface area contributed by atoms with E-state index in [1.165, 1.54) is 14.2 Å². The van der Waals surface area contributed by atoms with E-state index in [4.69, 9.17) is 21.7 Å². The smallest absolute Gasteiger partial charge is 0.264 e. The van der Waals surface area contributed by atoms with Crippen LogP contribution in [0.25, 0.3) is 0 Å². The topological polar surface area (TPSA) is 83.1 Å². The van der Waals surface area contributed by atoms with Crippen molar-refractivity contribution < 1.29 is 19.1 Å². The molecule has 1 fully saturated rings. The van der Waals surface area contributed by atoms with E-state index in [1.54, 1.807) is 18.2 Å². The number of piperazine rings is 1. The lowest BCUT2D eigenvalue weighted by atomic mass is 10.1. The van der Waals surface area contributed by atoms with Crippen molar-refractivity contribution in [3.63, 3.8) is 0 Å². The maximum absolute atomic E-state index is 12.7. The van der Waals surface area contributed by atoms with Crippen molar-refractivity contribution in [2.75, 3.05) is 50.6 Å². The summed E-state index contributed by atoms with van der Waals surface area (Å²) in [5.74, 6) is 0.599. The number of hydrogen-bond acceptors (Lipinski definition) is 6. The molecule has 8 nitrogen and oxygen atoms in total. The van der Waals surface area contributed by atoms with Gasteiger partial charge in [0.1, 0.15) is 17.1 Å². The van der Waals surface area contributed by atoms with Gasteiger partial charge in [-0.05, 0) is 48.6 Å². The lowest BCUT2D eigenvalue weighted by molar-refractivity contribution is -0.134. The highest BCUT2D eigenvalue weighted by Gasteiger charge is 2.23. The number of amides is 2. The summed E-state index contributed by atoms with van der Waals surface area (Å²) in [6.07, 6.45) is 0. The number of rotatable bonds is 6. The van der Waals surface area contributed by atoms with Crippen LogP contribution in [-0.4, -0.2) is 62.2 Å². The van der Waals surface area contributed by atoms with Gasteiger partial charge >= 0.3 is 0 Å². The summed E-state index contributed by atoms with van der Waals surface area (Å²) < 4.78 is 10.6. The van der Waals surface area contributed by atoms with Gasteiger partial charge in [0.05, 0.1) is 14.2 Å². The Balaban J connectivity index is 1.57. The molecule has 2 aromatic rings. The molecule has 1 aliphatic rings. The number of methoxy groups -OCH3 is 2. The van der Waals surface area contributed by atoms with Crippen molar-refractivity contribution in [3.8, 4) is 11.5 Å². The minimum Gasteiger partial charge on any atom is -0.496 e. The largest absolute Gasteiger partial charge is 0.496 e. The van der Waals surface area contributed by atoms with Gasteiger partial charge in [0.25, 0.3) is 5.91 Å². The molecule has 0 unspecified atom stereocenters. The molecule has 0 spiro atoms. The summed E-state index contributed by atoms with van der Waals surface area (Å²) in [6.45, 7) is 6.89. The summed E-state index contributed by atoms with van der Waals surface area (Å²) >= 11 is 5.32. The second-order valence-corrected chi connectivity index (χ2v) is 8.37. The van der Waals surface area contributed by atoms with Crippen LogP contribution in [0.3, 0.4) is 0 Å². The third-order valence-corrected chi connectivity index (χ3v) is 5.66. The molecule has 1 saturated heterocycles. The zero-order valence-electron chi connectivity index (χ0n) is 19.4. The van der Waals surface area contributed by atoms with Crippen LogP contribution in [0.4, 0.5) is 11.4 Å². The number of ether oxygens (including phenoxy) is 2. The van der Waals surface area contributed by atoms with E-state index in [0.717, 1.165) is 37.6 Å². The Bertz CT molecular complexity index is 980. The Morgan fingerprint density at radius 2 is 1.52 bits per heavy atom. The fraction of sp³-hybridized carbons (Fsp3) is 0.375. The molecule has 2 amide bonds. The van der Waals surface area contributed by atoms with Crippen LogP contribution in [0.5, 0.6) is 11.5 Å². The predicted molar refractivity (Wildman–Crippen MR) is 133 cm³/mol. The predicted octanol–water partition coefficient (Wildman–Crippen LogP) is 3.14. The van der Waals surface area contributed by atoms with Crippen molar-refractivity contribution in [2.24, 2.45) is 5.92 Å². The Kier molecular flexibility index (Phi) is 8.11. The van der Waals surface area contributed by atoms with Crippen LogP contribution in [-0.2, 0) is 4.79 Å². The van der Waals surface area contributed by atoms with E-state index in [1.807, 2.05) is 43.0 Å². The number of benzene rings is 2. The van der Waals surface area contributed by atoms with Crippen molar-refractivity contribution in [2.45, 2.75) is 13.8 Å². The molecule has 1 heterocycles. The maximum Gasteiger partial charge on any atom is 0.264 e. The Labute approximate surface area is 199 Å². The van der Waals surface area contributed by atoms with Crippen LogP contribution >= 0.6 is 12.2 Å². The van der Waals surface area contributed by atoms with Gasteiger partial charge in [-0.2, -0.15) is 0 Å². The van der Waals surface area contributed by atoms with E-state index in [-0.39, 0.29) is 22.5 Å². The van der Waals surface area contributed by atoms with Crippen LogP contribution in [0, 0.1) is 5.92 Å². The van der Waals surface area contributed by atoms with Crippen molar-refractivity contribution >= 4 is 40.5 Å². The summed E-state index contributed by atoms with van der Waals surface area (Å²) in [5.41, 5.74) is 2.10. The summed E-state index contributed by atoms with van der Waals surface area (Å²) in [4.78, 5) is 29.1. The Hall–Kier alpha value is -3.33. The highest BCUT2D eigenvalue weighted by Crippen LogP contribution is 2.28. The maximum atomic E-state index is 12.7. The molecule has 0 saturated carbocycles. The number of nitrogens with one attached hydrogen (secondary N) is 2. The minimum absolute atomic E-state index is 0.0234. The van der Waals surface area contributed by atoms with Crippen molar-refractivity contribution in [1.82, 2.24) is 10.2 Å². The molecule has 0 bridgehead atoms. The van der Waals surface area contributed by atoms with Gasteiger partial charge in [-0.1, -0.05) is 19.9 Å². The monoisotopic (exact) mass is 470 g/mol. The SMILES string of the molecule is COc1cccc(OC)c1C(=O)NC(=S)Nc1ccc(N2CCN(C(=O)C(C)C)CC2)cc1.